The first kappa shape index (κ1) is 21.6. The molecule has 2 atom stereocenters. The molecule has 3 N–H and O–H groups in total. The van der Waals surface area contributed by atoms with E-state index in [0.29, 0.717) is 22.0 Å². The van der Waals surface area contributed by atoms with E-state index in [1.54, 1.807) is 31.3 Å². The predicted octanol–water partition coefficient (Wildman–Crippen LogP) is 1.11. The average molecular weight is 403 g/mol. The van der Waals surface area contributed by atoms with Crippen LogP contribution in [-0.2, 0) is 20.8 Å². The van der Waals surface area contributed by atoms with Gasteiger partial charge < -0.3 is 15.5 Å². The number of nitrogens with one attached hydrogen (secondary N) is 3. The molecule has 0 spiro atoms. The van der Waals surface area contributed by atoms with Crippen LogP contribution >= 0.6 is 11.6 Å². The lowest BCUT2D eigenvalue weighted by Crippen LogP contribution is -3.11. The summed E-state index contributed by atoms with van der Waals surface area (Å²) >= 11 is 5.82. The minimum absolute atomic E-state index is 0.0899. The Morgan fingerprint density at radius 3 is 2.18 bits per heavy atom. The van der Waals surface area contributed by atoms with E-state index in [2.05, 4.69) is 10.6 Å². The Balaban J connectivity index is 1.82. The number of ketones is 1. The third-order valence-corrected chi connectivity index (χ3v) is 4.41. The van der Waals surface area contributed by atoms with E-state index in [1.807, 2.05) is 30.3 Å². The van der Waals surface area contributed by atoms with Gasteiger partial charge in [-0.25, -0.2) is 0 Å². The fourth-order valence-corrected chi connectivity index (χ4v) is 2.87. The van der Waals surface area contributed by atoms with Crippen LogP contribution < -0.4 is 15.5 Å². The number of anilines is 1. The highest BCUT2D eigenvalue weighted by Crippen LogP contribution is 2.12. The van der Waals surface area contributed by atoms with Gasteiger partial charge in [0, 0.05) is 10.7 Å². The van der Waals surface area contributed by atoms with E-state index in [1.165, 1.54) is 6.92 Å². The molecule has 1 unspecified atom stereocenters. The quantitative estimate of drug-likeness (QED) is 0.588. The second-order valence-corrected chi connectivity index (χ2v) is 7.22. The summed E-state index contributed by atoms with van der Waals surface area (Å²) in [6, 6.07) is 15.8. The summed E-state index contributed by atoms with van der Waals surface area (Å²) in [6.07, 6.45) is 0.442. The molecule has 0 saturated carbocycles. The first-order chi connectivity index (χ1) is 13.3. The summed E-state index contributed by atoms with van der Waals surface area (Å²) < 4.78 is 0. The molecule has 2 rings (SSSR count). The highest BCUT2D eigenvalue weighted by Gasteiger charge is 2.20. The van der Waals surface area contributed by atoms with Crippen molar-refractivity contribution in [2.24, 2.45) is 0 Å². The van der Waals surface area contributed by atoms with E-state index < -0.39 is 6.04 Å². The van der Waals surface area contributed by atoms with Gasteiger partial charge >= 0.3 is 0 Å². The maximum atomic E-state index is 12.3. The number of carbonyl (C=O) groups excluding carboxylic acids is 3. The number of amides is 2. The molecule has 2 amide bonds. The molecule has 0 aliphatic heterocycles. The fraction of sp³-hybridized carbons (Fsp3) is 0.286. The average Bonchev–Trinajstić information content (AvgIpc) is 2.63. The van der Waals surface area contributed by atoms with Crippen molar-refractivity contribution in [3.63, 3.8) is 0 Å². The van der Waals surface area contributed by atoms with Crippen molar-refractivity contribution < 1.29 is 19.3 Å². The van der Waals surface area contributed by atoms with Crippen molar-refractivity contribution in [2.75, 3.05) is 25.5 Å². The molecule has 0 aliphatic rings. The monoisotopic (exact) mass is 402 g/mol. The van der Waals surface area contributed by atoms with Crippen LogP contribution in [0.2, 0.25) is 5.02 Å². The van der Waals surface area contributed by atoms with Crippen LogP contribution in [0.5, 0.6) is 0 Å². The summed E-state index contributed by atoms with van der Waals surface area (Å²) in [5, 5.41) is 6.12. The molecule has 6 nitrogen and oxygen atoms in total. The van der Waals surface area contributed by atoms with Gasteiger partial charge in [-0.3, -0.25) is 14.4 Å². The SMILES string of the molecule is CC(=O)[C@H](Cc1ccccc1)NC(=O)C[NH+](C)CC(=O)Nc1ccc(Cl)cc1. The van der Waals surface area contributed by atoms with Gasteiger partial charge in [-0.05, 0) is 43.2 Å². The molecule has 0 radical (unpaired) electrons. The molecule has 148 valence electrons. The molecule has 28 heavy (non-hydrogen) atoms. The molecular formula is C21H25ClN3O3+. The van der Waals surface area contributed by atoms with Crippen LogP contribution in [0, 0.1) is 0 Å². The van der Waals surface area contributed by atoms with E-state index in [4.69, 9.17) is 11.6 Å². The first-order valence-corrected chi connectivity index (χ1v) is 9.41. The number of hydrogen-bond acceptors (Lipinski definition) is 3. The van der Waals surface area contributed by atoms with Gasteiger partial charge in [0.1, 0.15) is 0 Å². The normalized spacial score (nSPS) is 12.7. The Hall–Kier alpha value is -2.70. The third kappa shape index (κ3) is 7.50. The first-order valence-electron chi connectivity index (χ1n) is 9.04. The van der Waals surface area contributed by atoms with Crippen molar-refractivity contribution in [3.8, 4) is 0 Å². The van der Waals surface area contributed by atoms with Crippen LogP contribution in [0.3, 0.4) is 0 Å². The molecule has 2 aromatic carbocycles. The van der Waals surface area contributed by atoms with Gasteiger partial charge in [0.2, 0.25) is 0 Å². The van der Waals surface area contributed by atoms with Gasteiger partial charge in [0.15, 0.2) is 18.9 Å². The lowest BCUT2D eigenvalue weighted by molar-refractivity contribution is -0.862. The van der Waals surface area contributed by atoms with Gasteiger partial charge in [0.25, 0.3) is 11.8 Å². The van der Waals surface area contributed by atoms with Crippen molar-refractivity contribution in [1.82, 2.24) is 5.32 Å². The summed E-state index contributed by atoms with van der Waals surface area (Å²) in [4.78, 5) is 37.0. The zero-order valence-corrected chi connectivity index (χ0v) is 16.8. The molecule has 7 heteroatoms. The summed E-state index contributed by atoms with van der Waals surface area (Å²) in [5.41, 5.74) is 1.62. The number of Topliss-reactive ketones (excluding diaryl/α,β-unsaturated/α-hetero) is 1. The molecule has 0 saturated heterocycles. The lowest BCUT2D eigenvalue weighted by atomic mass is 10.0. The number of hydrogen-bond donors (Lipinski definition) is 3. The van der Waals surface area contributed by atoms with Crippen LogP contribution in [-0.4, -0.2) is 43.8 Å². The Kier molecular flexibility index (Phi) is 8.17. The second-order valence-electron chi connectivity index (χ2n) is 6.79. The summed E-state index contributed by atoms with van der Waals surface area (Å²) in [5.74, 6) is -0.580. The van der Waals surface area contributed by atoms with Gasteiger partial charge in [-0.2, -0.15) is 0 Å². The number of benzene rings is 2. The molecular weight excluding hydrogens is 378 g/mol. The third-order valence-electron chi connectivity index (χ3n) is 4.16. The number of rotatable bonds is 9. The number of halogens is 1. The van der Waals surface area contributed by atoms with E-state index in [0.717, 1.165) is 5.56 Å². The van der Waals surface area contributed by atoms with E-state index in [-0.39, 0.29) is 30.7 Å². The fourth-order valence-electron chi connectivity index (χ4n) is 2.74. The van der Waals surface area contributed by atoms with Crippen molar-refractivity contribution in [2.45, 2.75) is 19.4 Å². The molecule has 0 heterocycles. The Bertz CT molecular complexity index is 809. The zero-order valence-electron chi connectivity index (χ0n) is 16.0. The highest BCUT2D eigenvalue weighted by atomic mass is 35.5. The smallest absolute Gasteiger partial charge is 0.279 e. The van der Waals surface area contributed by atoms with Crippen LogP contribution in [0.25, 0.3) is 0 Å². The maximum absolute atomic E-state index is 12.3. The Labute approximate surface area is 169 Å². The Morgan fingerprint density at radius 1 is 0.964 bits per heavy atom. The number of quaternary nitrogens is 1. The highest BCUT2D eigenvalue weighted by molar-refractivity contribution is 6.30. The summed E-state index contributed by atoms with van der Waals surface area (Å²) in [7, 11) is 1.75. The van der Waals surface area contributed by atoms with Gasteiger partial charge in [-0.15, -0.1) is 0 Å². The standard InChI is InChI=1S/C21H24ClN3O3/c1-15(26)19(12-16-6-4-3-5-7-16)24-21(28)14-25(2)13-20(27)23-18-10-8-17(22)9-11-18/h3-11,19H,12-14H2,1-2H3,(H,23,27)(H,24,28)/p+1/t19-/m0/s1. The molecule has 0 aliphatic carbocycles. The van der Waals surface area contributed by atoms with Gasteiger partial charge in [-0.1, -0.05) is 41.9 Å². The molecule has 0 fully saturated rings. The largest absolute Gasteiger partial charge is 0.341 e. The van der Waals surface area contributed by atoms with Crippen molar-refractivity contribution >= 4 is 34.9 Å². The number of carbonyl (C=O) groups is 3. The van der Waals surface area contributed by atoms with Crippen LogP contribution in [0.15, 0.2) is 54.6 Å². The van der Waals surface area contributed by atoms with Crippen molar-refractivity contribution in [1.29, 1.82) is 0 Å². The van der Waals surface area contributed by atoms with Crippen LogP contribution in [0.1, 0.15) is 12.5 Å². The van der Waals surface area contributed by atoms with E-state index >= 15 is 0 Å². The molecule has 0 aromatic heterocycles. The minimum Gasteiger partial charge on any atom is -0.341 e. The lowest BCUT2D eigenvalue weighted by Gasteiger charge is -2.18. The minimum atomic E-state index is -0.578. The van der Waals surface area contributed by atoms with Crippen LogP contribution in [0.4, 0.5) is 5.69 Å². The van der Waals surface area contributed by atoms with Crippen molar-refractivity contribution in [3.05, 3.63) is 65.2 Å². The predicted molar refractivity (Wildman–Crippen MR) is 109 cm³/mol. The van der Waals surface area contributed by atoms with E-state index in [9.17, 15) is 14.4 Å². The molecule has 0 bridgehead atoms. The Morgan fingerprint density at radius 2 is 1.57 bits per heavy atom. The topological polar surface area (TPSA) is 79.7 Å². The van der Waals surface area contributed by atoms with Gasteiger partial charge in [0.05, 0.1) is 13.1 Å². The maximum Gasteiger partial charge on any atom is 0.279 e. The summed E-state index contributed by atoms with van der Waals surface area (Å²) in [6.45, 7) is 1.68. The zero-order chi connectivity index (χ0) is 20.5. The second kappa shape index (κ2) is 10.6. The number of likely N-dealkylation sites (N-methyl/N-ethyl adjacent to an activating group) is 1. The molecule has 2 aromatic rings.